The zero-order valence-electron chi connectivity index (χ0n) is 14.7. The van der Waals surface area contributed by atoms with Gasteiger partial charge in [0.2, 0.25) is 0 Å². The van der Waals surface area contributed by atoms with Crippen molar-refractivity contribution in [3.05, 3.63) is 53.8 Å². The maximum absolute atomic E-state index is 13.3. The topological polar surface area (TPSA) is 70.7 Å². The first kappa shape index (κ1) is 17.3. The molecular weight excluding hydrogens is 349 g/mol. The number of halogens is 1. The van der Waals surface area contributed by atoms with Crippen molar-refractivity contribution < 1.29 is 18.7 Å². The molecule has 0 aromatic heterocycles. The molecule has 1 aliphatic heterocycles. The molecule has 2 aliphatic rings. The normalized spacial score (nSPS) is 15.4. The van der Waals surface area contributed by atoms with Gasteiger partial charge in [-0.3, -0.25) is 4.79 Å². The minimum atomic E-state index is -0.268. The maximum Gasteiger partial charge on any atom is 0.322 e. The fraction of sp³-hybridized carbons (Fsp3) is 0.300. The van der Waals surface area contributed by atoms with E-state index in [0.29, 0.717) is 30.1 Å². The molecule has 2 N–H and O–H groups in total. The van der Waals surface area contributed by atoms with E-state index in [9.17, 15) is 14.0 Å². The van der Waals surface area contributed by atoms with Gasteiger partial charge in [-0.05, 0) is 49.1 Å². The van der Waals surface area contributed by atoms with Crippen molar-refractivity contribution in [1.29, 1.82) is 0 Å². The summed E-state index contributed by atoms with van der Waals surface area (Å²) in [6, 6.07) is 11.6. The molecule has 1 saturated carbocycles. The van der Waals surface area contributed by atoms with E-state index in [1.165, 1.54) is 12.1 Å². The number of rotatable bonds is 5. The summed E-state index contributed by atoms with van der Waals surface area (Å²) in [6.07, 6.45) is 2.56. The number of amides is 3. The van der Waals surface area contributed by atoms with Crippen LogP contribution in [0.25, 0.3) is 0 Å². The summed E-state index contributed by atoms with van der Waals surface area (Å²) in [4.78, 5) is 25.9. The number of nitrogens with one attached hydrogen (secondary N) is 2. The highest BCUT2D eigenvalue weighted by Gasteiger charge is 2.32. The lowest BCUT2D eigenvalue weighted by atomic mass is 10.1. The molecule has 2 aromatic carbocycles. The molecule has 0 unspecified atom stereocenters. The van der Waals surface area contributed by atoms with E-state index in [1.54, 1.807) is 29.2 Å². The Bertz CT molecular complexity index is 883. The Morgan fingerprint density at radius 3 is 2.89 bits per heavy atom. The molecule has 1 heterocycles. The van der Waals surface area contributed by atoms with Crippen molar-refractivity contribution in [3.63, 3.8) is 0 Å². The molecule has 0 spiro atoms. The second-order valence-corrected chi connectivity index (χ2v) is 6.78. The Morgan fingerprint density at radius 1 is 1.26 bits per heavy atom. The molecule has 6 nitrogen and oxygen atoms in total. The lowest BCUT2D eigenvalue weighted by molar-refractivity contribution is -0.118. The van der Waals surface area contributed by atoms with Crippen LogP contribution in [0.3, 0.4) is 0 Å². The third-order valence-electron chi connectivity index (χ3n) is 4.64. The summed E-state index contributed by atoms with van der Waals surface area (Å²) in [5.74, 6) is 0.0674. The van der Waals surface area contributed by atoms with Gasteiger partial charge >= 0.3 is 6.03 Å². The Kier molecular flexibility index (Phi) is 4.66. The van der Waals surface area contributed by atoms with Gasteiger partial charge in [0.15, 0.2) is 6.61 Å². The standard InChI is InChI=1S/C20H20FN3O3/c21-14-3-1-2-13(10-14)8-9-24(16-5-6-16)20(26)22-15-4-7-17-18(11-15)27-12-19(25)23-17/h1-4,7,10-11,16H,5-6,8-9,12H2,(H,22,26)(H,23,25). The molecule has 0 bridgehead atoms. The average molecular weight is 369 g/mol. The van der Waals surface area contributed by atoms with Crippen LogP contribution in [0.1, 0.15) is 18.4 Å². The van der Waals surface area contributed by atoms with Crippen LogP contribution in [0.15, 0.2) is 42.5 Å². The van der Waals surface area contributed by atoms with Crippen molar-refractivity contribution in [2.24, 2.45) is 0 Å². The van der Waals surface area contributed by atoms with Crippen LogP contribution in [0, 0.1) is 5.82 Å². The smallest absolute Gasteiger partial charge is 0.322 e. The minimum Gasteiger partial charge on any atom is -0.482 e. The highest BCUT2D eigenvalue weighted by atomic mass is 19.1. The van der Waals surface area contributed by atoms with Crippen LogP contribution >= 0.6 is 0 Å². The summed E-state index contributed by atoms with van der Waals surface area (Å²) in [5, 5.41) is 5.61. The lowest BCUT2D eigenvalue weighted by Gasteiger charge is -2.24. The molecule has 0 atom stereocenters. The van der Waals surface area contributed by atoms with Gasteiger partial charge in [0, 0.05) is 24.3 Å². The van der Waals surface area contributed by atoms with Crippen molar-refractivity contribution in [1.82, 2.24) is 4.90 Å². The molecule has 1 fully saturated rings. The highest BCUT2D eigenvalue weighted by Crippen LogP contribution is 2.32. The van der Waals surface area contributed by atoms with Crippen molar-refractivity contribution in [3.8, 4) is 5.75 Å². The van der Waals surface area contributed by atoms with Crippen LogP contribution in [-0.4, -0.2) is 36.0 Å². The molecule has 3 amide bonds. The number of nitrogens with zero attached hydrogens (tertiary/aromatic N) is 1. The maximum atomic E-state index is 13.3. The van der Waals surface area contributed by atoms with Crippen LogP contribution in [0.4, 0.5) is 20.6 Å². The van der Waals surface area contributed by atoms with Crippen molar-refractivity contribution in [2.45, 2.75) is 25.3 Å². The lowest BCUT2D eigenvalue weighted by Crippen LogP contribution is -2.38. The predicted octanol–water partition coefficient (Wildman–Crippen LogP) is 3.40. The Balaban J connectivity index is 1.41. The number of benzene rings is 2. The number of ether oxygens (including phenoxy) is 1. The zero-order chi connectivity index (χ0) is 18.8. The number of carbonyl (C=O) groups is 2. The summed E-state index contributed by atoms with van der Waals surface area (Å²) < 4.78 is 18.7. The monoisotopic (exact) mass is 369 g/mol. The molecule has 4 rings (SSSR count). The van der Waals surface area contributed by atoms with E-state index < -0.39 is 0 Å². The molecule has 0 saturated heterocycles. The first-order chi connectivity index (χ1) is 13.1. The number of urea groups is 1. The molecular formula is C20H20FN3O3. The second kappa shape index (κ2) is 7.26. The number of hydrogen-bond acceptors (Lipinski definition) is 3. The van der Waals surface area contributed by atoms with E-state index in [1.807, 2.05) is 6.07 Å². The van der Waals surface area contributed by atoms with Crippen LogP contribution in [0.5, 0.6) is 5.75 Å². The van der Waals surface area contributed by atoms with Gasteiger partial charge in [-0.15, -0.1) is 0 Å². The highest BCUT2D eigenvalue weighted by molar-refractivity contribution is 5.96. The summed E-state index contributed by atoms with van der Waals surface area (Å²) in [7, 11) is 0. The van der Waals surface area contributed by atoms with E-state index >= 15 is 0 Å². The molecule has 27 heavy (non-hydrogen) atoms. The number of hydrogen-bond donors (Lipinski definition) is 2. The molecule has 0 radical (unpaired) electrons. The van der Waals surface area contributed by atoms with E-state index in [0.717, 1.165) is 18.4 Å². The fourth-order valence-corrected chi connectivity index (χ4v) is 3.13. The van der Waals surface area contributed by atoms with Crippen LogP contribution in [-0.2, 0) is 11.2 Å². The van der Waals surface area contributed by atoms with E-state index in [4.69, 9.17) is 4.74 Å². The predicted molar refractivity (Wildman–Crippen MR) is 99.4 cm³/mol. The van der Waals surface area contributed by atoms with Crippen LogP contribution in [0.2, 0.25) is 0 Å². The number of anilines is 2. The molecule has 7 heteroatoms. The summed E-state index contributed by atoms with van der Waals surface area (Å²) in [5.41, 5.74) is 2.06. The largest absolute Gasteiger partial charge is 0.482 e. The van der Waals surface area contributed by atoms with Gasteiger partial charge in [0.05, 0.1) is 5.69 Å². The summed E-state index contributed by atoms with van der Waals surface area (Å²) in [6.45, 7) is 0.490. The molecule has 2 aromatic rings. The van der Waals surface area contributed by atoms with Gasteiger partial charge in [0.25, 0.3) is 5.91 Å². The second-order valence-electron chi connectivity index (χ2n) is 6.78. The SMILES string of the molecule is O=C1COc2cc(NC(=O)N(CCc3cccc(F)c3)C3CC3)ccc2N1. The van der Waals surface area contributed by atoms with Gasteiger partial charge < -0.3 is 20.3 Å². The van der Waals surface area contributed by atoms with Gasteiger partial charge in [0.1, 0.15) is 11.6 Å². The van der Waals surface area contributed by atoms with E-state index in [-0.39, 0.29) is 30.4 Å². The quantitative estimate of drug-likeness (QED) is 0.849. The summed E-state index contributed by atoms with van der Waals surface area (Å²) >= 11 is 0. The van der Waals surface area contributed by atoms with Gasteiger partial charge in [-0.1, -0.05) is 12.1 Å². The average Bonchev–Trinajstić information content (AvgIpc) is 3.47. The number of fused-ring (bicyclic) bond motifs is 1. The Hall–Kier alpha value is -3.09. The third-order valence-corrected chi connectivity index (χ3v) is 4.64. The zero-order valence-corrected chi connectivity index (χ0v) is 14.7. The third kappa shape index (κ3) is 4.19. The minimum absolute atomic E-state index is 0.0355. The van der Waals surface area contributed by atoms with E-state index in [2.05, 4.69) is 10.6 Å². The van der Waals surface area contributed by atoms with Gasteiger partial charge in [-0.25, -0.2) is 9.18 Å². The first-order valence-electron chi connectivity index (χ1n) is 8.97. The van der Waals surface area contributed by atoms with Crippen molar-refractivity contribution >= 4 is 23.3 Å². The fourth-order valence-electron chi connectivity index (χ4n) is 3.13. The van der Waals surface area contributed by atoms with Gasteiger partial charge in [-0.2, -0.15) is 0 Å². The first-order valence-corrected chi connectivity index (χ1v) is 8.97. The Morgan fingerprint density at radius 2 is 2.11 bits per heavy atom. The van der Waals surface area contributed by atoms with Crippen LogP contribution < -0.4 is 15.4 Å². The number of carbonyl (C=O) groups excluding carboxylic acids is 2. The van der Waals surface area contributed by atoms with Crippen molar-refractivity contribution in [2.75, 3.05) is 23.8 Å². The Labute approximate surface area is 156 Å². The molecule has 140 valence electrons. The molecule has 1 aliphatic carbocycles.